The van der Waals surface area contributed by atoms with Gasteiger partial charge in [-0.15, -0.1) is 0 Å². The number of amides is 2. The highest BCUT2D eigenvalue weighted by Gasteiger charge is 2.40. The lowest BCUT2D eigenvalue weighted by Gasteiger charge is -2.38. The summed E-state index contributed by atoms with van der Waals surface area (Å²) in [6.07, 6.45) is 4.17. The molecule has 7 nitrogen and oxygen atoms in total. The molecule has 2 aromatic rings. The van der Waals surface area contributed by atoms with Crippen molar-refractivity contribution in [3.05, 3.63) is 42.1 Å². The van der Waals surface area contributed by atoms with Crippen LogP contribution in [0.15, 0.2) is 35.1 Å². The van der Waals surface area contributed by atoms with Crippen LogP contribution in [-0.2, 0) is 23.2 Å². The molecule has 2 atom stereocenters. The van der Waals surface area contributed by atoms with Crippen molar-refractivity contribution in [3.8, 4) is 0 Å². The SMILES string of the molecule is CN1C(=O)CC[C@H](C(=O)NCc2ccco2)[C@H]1c1ccnn1C. The number of furan rings is 1. The fourth-order valence-corrected chi connectivity index (χ4v) is 3.11. The molecule has 0 radical (unpaired) electrons. The van der Waals surface area contributed by atoms with Crippen molar-refractivity contribution >= 4 is 11.8 Å². The maximum Gasteiger partial charge on any atom is 0.225 e. The molecule has 0 bridgehead atoms. The number of nitrogens with one attached hydrogen (secondary N) is 1. The first kappa shape index (κ1) is 15.3. The molecule has 3 rings (SSSR count). The summed E-state index contributed by atoms with van der Waals surface area (Å²) in [5.74, 6) is 0.372. The minimum atomic E-state index is -0.305. The third-order valence-corrected chi connectivity index (χ3v) is 4.38. The van der Waals surface area contributed by atoms with Gasteiger partial charge in [0.2, 0.25) is 11.8 Å². The normalized spacial score (nSPS) is 21.5. The maximum absolute atomic E-state index is 12.6. The van der Waals surface area contributed by atoms with E-state index in [2.05, 4.69) is 10.4 Å². The highest BCUT2D eigenvalue weighted by molar-refractivity contribution is 5.84. The molecule has 1 aliphatic heterocycles. The lowest BCUT2D eigenvalue weighted by atomic mass is 9.86. The molecule has 23 heavy (non-hydrogen) atoms. The van der Waals surface area contributed by atoms with Gasteiger partial charge in [0, 0.05) is 26.7 Å². The molecule has 0 saturated carbocycles. The number of hydrogen-bond acceptors (Lipinski definition) is 4. The Morgan fingerprint density at radius 2 is 2.26 bits per heavy atom. The van der Waals surface area contributed by atoms with Gasteiger partial charge < -0.3 is 14.6 Å². The Labute approximate surface area is 134 Å². The molecule has 2 aromatic heterocycles. The molecule has 1 aliphatic rings. The summed E-state index contributed by atoms with van der Waals surface area (Å²) in [6.45, 7) is 0.345. The van der Waals surface area contributed by atoms with Crippen LogP contribution < -0.4 is 5.32 Å². The summed E-state index contributed by atoms with van der Waals surface area (Å²) in [5.41, 5.74) is 0.860. The molecule has 1 fully saturated rings. The van der Waals surface area contributed by atoms with E-state index >= 15 is 0 Å². The van der Waals surface area contributed by atoms with Crippen molar-refractivity contribution in [2.45, 2.75) is 25.4 Å². The van der Waals surface area contributed by atoms with Crippen LogP contribution >= 0.6 is 0 Å². The van der Waals surface area contributed by atoms with Crippen LogP contribution in [-0.4, -0.2) is 33.5 Å². The molecule has 2 amide bonds. The summed E-state index contributed by atoms with van der Waals surface area (Å²) < 4.78 is 6.95. The van der Waals surface area contributed by atoms with Gasteiger partial charge in [-0.05, 0) is 24.6 Å². The molecule has 7 heteroatoms. The first-order chi connectivity index (χ1) is 11.1. The zero-order chi connectivity index (χ0) is 16.4. The third kappa shape index (κ3) is 2.99. The average molecular weight is 316 g/mol. The van der Waals surface area contributed by atoms with Gasteiger partial charge in [0.25, 0.3) is 0 Å². The molecule has 0 aliphatic carbocycles. The smallest absolute Gasteiger partial charge is 0.225 e. The Balaban J connectivity index is 1.79. The van der Waals surface area contributed by atoms with Crippen molar-refractivity contribution in [1.29, 1.82) is 0 Å². The Morgan fingerprint density at radius 3 is 2.91 bits per heavy atom. The fourth-order valence-electron chi connectivity index (χ4n) is 3.11. The number of aryl methyl sites for hydroxylation is 1. The lowest BCUT2D eigenvalue weighted by molar-refractivity contribution is -0.142. The Bertz CT molecular complexity index is 692. The standard InChI is InChI=1S/C16H20N4O3/c1-19-14(21)6-5-12(15(19)13-7-8-18-20(13)2)16(22)17-10-11-4-3-9-23-11/h3-4,7-9,12,15H,5-6,10H2,1-2H3,(H,17,22)/t12-,15-/m0/s1. The summed E-state index contributed by atoms with van der Waals surface area (Å²) in [7, 11) is 3.56. The maximum atomic E-state index is 12.6. The van der Waals surface area contributed by atoms with Crippen LogP contribution in [0.3, 0.4) is 0 Å². The van der Waals surface area contributed by atoms with Crippen LogP contribution in [0.2, 0.25) is 0 Å². The molecule has 0 spiro atoms. The quantitative estimate of drug-likeness (QED) is 0.920. The van der Waals surface area contributed by atoms with Crippen LogP contribution in [0.5, 0.6) is 0 Å². The van der Waals surface area contributed by atoms with E-state index in [4.69, 9.17) is 4.42 Å². The van der Waals surface area contributed by atoms with Gasteiger partial charge in [-0.1, -0.05) is 0 Å². The number of rotatable bonds is 4. The number of carbonyl (C=O) groups excluding carboxylic acids is 2. The summed E-state index contributed by atoms with van der Waals surface area (Å²) in [6, 6.07) is 5.15. The molecule has 0 unspecified atom stereocenters. The molecule has 3 heterocycles. The minimum Gasteiger partial charge on any atom is -0.467 e. The second-order valence-corrected chi connectivity index (χ2v) is 5.77. The highest BCUT2D eigenvalue weighted by Crippen LogP contribution is 2.35. The second kappa shape index (κ2) is 6.28. The van der Waals surface area contributed by atoms with E-state index in [1.807, 2.05) is 19.2 Å². The van der Waals surface area contributed by atoms with Gasteiger partial charge >= 0.3 is 0 Å². The van der Waals surface area contributed by atoms with E-state index in [0.29, 0.717) is 25.1 Å². The Hall–Kier alpha value is -2.57. The summed E-state index contributed by atoms with van der Waals surface area (Å²) >= 11 is 0. The number of likely N-dealkylation sites (tertiary alicyclic amines) is 1. The van der Waals surface area contributed by atoms with Crippen LogP contribution in [0, 0.1) is 5.92 Å². The molecule has 1 N–H and O–H groups in total. The van der Waals surface area contributed by atoms with Crippen LogP contribution in [0.4, 0.5) is 0 Å². The first-order valence-electron chi connectivity index (χ1n) is 7.61. The number of carbonyl (C=O) groups is 2. The van der Waals surface area contributed by atoms with Gasteiger partial charge in [-0.2, -0.15) is 5.10 Å². The average Bonchev–Trinajstić information content (AvgIpc) is 3.19. The monoisotopic (exact) mass is 316 g/mol. The van der Waals surface area contributed by atoms with Crippen molar-refractivity contribution in [2.24, 2.45) is 13.0 Å². The molecule has 1 saturated heterocycles. The van der Waals surface area contributed by atoms with E-state index in [9.17, 15) is 9.59 Å². The molecular weight excluding hydrogens is 296 g/mol. The first-order valence-corrected chi connectivity index (χ1v) is 7.61. The van der Waals surface area contributed by atoms with Gasteiger partial charge in [0.1, 0.15) is 5.76 Å². The van der Waals surface area contributed by atoms with Crippen LogP contribution in [0.25, 0.3) is 0 Å². The van der Waals surface area contributed by atoms with Crippen molar-refractivity contribution in [2.75, 3.05) is 7.05 Å². The zero-order valence-electron chi connectivity index (χ0n) is 13.2. The number of nitrogens with zero attached hydrogens (tertiary/aromatic N) is 3. The zero-order valence-corrected chi connectivity index (χ0v) is 13.2. The van der Waals surface area contributed by atoms with Gasteiger partial charge in [-0.3, -0.25) is 14.3 Å². The largest absolute Gasteiger partial charge is 0.467 e. The van der Waals surface area contributed by atoms with Crippen molar-refractivity contribution in [3.63, 3.8) is 0 Å². The molecule has 0 aromatic carbocycles. The van der Waals surface area contributed by atoms with Gasteiger partial charge in [-0.25, -0.2) is 0 Å². The number of aromatic nitrogens is 2. The highest BCUT2D eigenvalue weighted by atomic mass is 16.3. The van der Waals surface area contributed by atoms with E-state index in [1.165, 1.54) is 0 Å². The number of hydrogen-bond donors (Lipinski definition) is 1. The van der Waals surface area contributed by atoms with Crippen molar-refractivity contribution in [1.82, 2.24) is 20.0 Å². The minimum absolute atomic E-state index is 0.0475. The predicted octanol–water partition coefficient (Wildman–Crippen LogP) is 1.24. The third-order valence-electron chi connectivity index (χ3n) is 4.38. The lowest BCUT2D eigenvalue weighted by Crippen LogP contribution is -2.46. The fraction of sp³-hybridized carbons (Fsp3) is 0.438. The molecular formula is C16H20N4O3. The van der Waals surface area contributed by atoms with E-state index in [-0.39, 0.29) is 23.8 Å². The summed E-state index contributed by atoms with van der Waals surface area (Å²) in [5, 5.41) is 7.06. The van der Waals surface area contributed by atoms with Gasteiger partial charge in [0.05, 0.1) is 30.5 Å². The van der Waals surface area contributed by atoms with E-state index in [1.54, 1.807) is 35.2 Å². The van der Waals surface area contributed by atoms with Crippen LogP contribution in [0.1, 0.15) is 30.3 Å². The summed E-state index contributed by atoms with van der Waals surface area (Å²) in [4.78, 5) is 26.4. The van der Waals surface area contributed by atoms with Crippen molar-refractivity contribution < 1.29 is 14.0 Å². The predicted molar refractivity (Wildman–Crippen MR) is 82.0 cm³/mol. The van der Waals surface area contributed by atoms with E-state index in [0.717, 1.165) is 5.69 Å². The number of piperidine rings is 1. The Kier molecular flexibility index (Phi) is 4.18. The Morgan fingerprint density at radius 1 is 1.43 bits per heavy atom. The second-order valence-electron chi connectivity index (χ2n) is 5.77. The molecule has 122 valence electrons. The van der Waals surface area contributed by atoms with E-state index < -0.39 is 0 Å². The topological polar surface area (TPSA) is 80.4 Å². The van der Waals surface area contributed by atoms with Gasteiger partial charge in [0.15, 0.2) is 0 Å².